The van der Waals surface area contributed by atoms with E-state index < -0.39 is 17.9 Å². The number of aromatic nitrogens is 2. The van der Waals surface area contributed by atoms with Crippen molar-refractivity contribution in [2.75, 3.05) is 0 Å². The van der Waals surface area contributed by atoms with Crippen molar-refractivity contribution in [1.29, 1.82) is 0 Å². The predicted octanol–water partition coefficient (Wildman–Crippen LogP) is 8.63. The third-order valence-electron chi connectivity index (χ3n) is 8.32. The molecule has 0 bridgehead atoms. The van der Waals surface area contributed by atoms with Gasteiger partial charge in [-0.2, -0.15) is 8.42 Å². The number of benzene rings is 6. The molecule has 48 heavy (non-hydrogen) atoms. The lowest BCUT2D eigenvalue weighted by atomic mass is 10.0. The first-order valence-electron chi connectivity index (χ1n) is 15.6. The molecule has 2 aromatic heterocycles. The van der Waals surface area contributed by atoms with Crippen LogP contribution in [0.25, 0.3) is 44.7 Å². The Morgan fingerprint density at radius 3 is 1.73 bits per heavy atom. The minimum atomic E-state index is -4.29. The molecule has 0 spiro atoms. The first-order valence-corrected chi connectivity index (χ1v) is 18.3. The van der Waals surface area contributed by atoms with E-state index in [-0.39, 0.29) is 5.09 Å². The van der Waals surface area contributed by atoms with Gasteiger partial charge in [0.25, 0.3) is 0 Å². The molecule has 0 aliphatic heterocycles. The van der Waals surface area contributed by atoms with Crippen LogP contribution in [0.5, 0.6) is 0 Å². The molecule has 0 radical (unpaired) electrons. The molecule has 0 amide bonds. The van der Waals surface area contributed by atoms with Crippen LogP contribution in [-0.4, -0.2) is 17.4 Å². The summed E-state index contributed by atoms with van der Waals surface area (Å²) in [4.78, 5) is 5.34. The highest BCUT2D eigenvalue weighted by Crippen LogP contribution is 2.44. The van der Waals surface area contributed by atoms with Gasteiger partial charge in [-0.15, -0.1) is 0 Å². The Hall–Kier alpha value is -5.55. The summed E-state index contributed by atoms with van der Waals surface area (Å²) in [6.07, 6.45) is 1.39. The van der Waals surface area contributed by atoms with Gasteiger partial charge in [-0.3, -0.25) is 0 Å². The summed E-state index contributed by atoms with van der Waals surface area (Å²) in [5, 5.41) is 5.03. The lowest BCUT2D eigenvalue weighted by Crippen LogP contribution is -2.24. The second-order valence-corrected chi connectivity index (χ2v) is 15.2. The van der Waals surface area contributed by atoms with E-state index in [4.69, 9.17) is 9.40 Å². The van der Waals surface area contributed by atoms with Gasteiger partial charge in [-0.05, 0) is 46.7 Å². The average molecular weight is 661 g/mol. The molecule has 0 N–H and O–H groups in total. The molecule has 8 rings (SSSR count). The first kappa shape index (κ1) is 29.8. The van der Waals surface area contributed by atoms with E-state index in [9.17, 15) is 8.42 Å². The molecule has 0 unspecified atom stereocenters. The third kappa shape index (κ3) is 5.26. The van der Waals surface area contributed by atoms with Gasteiger partial charge in [0.05, 0.1) is 17.7 Å². The Morgan fingerprint density at radius 1 is 0.562 bits per heavy atom. The minimum absolute atomic E-state index is 0.159. The fraction of sp³-hybridized carbons (Fsp3) is 0. The van der Waals surface area contributed by atoms with Crippen LogP contribution in [0.2, 0.25) is 0 Å². The van der Waals surface area contributed by atoms with E-state index in [0.29, 0.717) is 17.2 Å². The summed E-state index contributed by atoms with van der Waals surface area (Å²) in [7, 11) is -5.42. The predicted molar refractivity (Wildman–Crippen MR) is 196 cm³/mol. The number of hydrogen-bond acceptors (Lipinski definition) is 4. The summed E-state index contributed by atoms with van der Waals surface area (Å²) < 4.78 is 36.9. The molecule has 0 aliphatic carbocycles. The summed E-state index contributed by atoms with van der Waals surface area (Å²) in [5.41, 5.74) is 3.33. The molecule has 0 saturated carbocycles. The SMILES string of the molecule is O=S(=O)(c1ccco1)n1c(-c2c(P(c3ccccc3)c3ccccc3)ccc3ccccc23)nc(-c2ccccc2)c1-c1ccccc1. The van der Waals surface area contributed by atoms with Gasteiger partial charge < -0.3 is 4.42 Å². The maximum atomic E-state index is 14.9. The Bertz CT molecular complexity index is 2410. The Morgan fingerprint density at radius 2 is 1.12 bits per heavy atom. The Kier molecular flexibility index (Phi) is 7.81. The number of rotatable bonds is 8. The largest absolute Gasteiger partial charge is 0.451 e. The van der Waals surface area contributed by atoms with Gasteiger partial charge in [0.2, 0.25) is 5.09 Å². The topological polar surface area (TPSA) is 65.1 Å². The number of hydrogen-bond donors (Lipinski definition) is 0. The van der Waals surface area contributed by atoms with E-state index in [2.05, 4.69) is 72.8 Å². The zero-order chi connectivity index (χ0) is 32.5. The van der Waals surface area contributed by atoms with Gasteiger partial charge >= 0.3 is 10.0 Å². The standard InChI is InChI=1S/C41H29N2O3PS/c44-48(45,37-26-15-29-46-37)43-40(32-19-7-2-8-20-32)39(31-17-5-1-6-18-31)42-41(43)38-35-25-14-13-16-30(35)27-28-36(38)47(33-21-9-3-10-22-33)34-23-11-4-12-24-34/h1-29H. The van der Waals surface area contributed by atoms with E-state index in [0.717, 1.165) is 43.4 Å². The van der Waals surface area contributed by atoms with E-state index in [1.807, 2.05) is 84.9 Å². The van der Waals surface area contributed by atoms with Gasteiger partial charge in [0.15, 0.2) is 5.82 Å². The van der Waals surface area contributed by atoms with Crippen molar-refractivity contribution in [2.45, 2.75) is 5.09 Å². The quantitative estimate of drug-likeness (QED) is 0.153. The maximum Gasteiger partial charge on any atom is 0.303 e. The molecular weight excluding hydrogens is 632 g/mol. The highest BCUT2D eigenvalue weighted by Gasteiger charge is 2.34. The van der Waals surface area contributed by atoms with Crippen molar-refractivity contribution >= 4 is 44.6 Å². The van der Waals surface area contributed by atoms with E-state index in [1.54, 1.807) is 6.07 Å². The van der Waals surface area contributed by atoms with Crippen LogP contribution in [0, 0.1) is 0 Å². The molecular formula is C41H29N2O3PS. The number of nitrogens with zero attached hydrogens (tertiary/aromatic N) is 2. The fourth-order valence-electron chi connectivity index (χ4n) is 6.21. The molecule has 7 heteroatoms. The van der Waals surface area contributed by atoms with Gasteiger partial charge in [-0.1, -0.05) is 158 Å². The zero-order valence-corrected chi connectivity index (χ0v) is 27.4. The van der Waals surface area contributed by atoms with Crippen molar-refractivity contribution in [3.63, 3.8) is 0 Å². The molecule has 0 fully saturated rings. The van der Waals surface area contributed by atoms with Gasteiger partial charge in [0.1, 0.15) is 0 Å². The van der Waals surface area contributed by atoms with Crippen LogP contribution in [0.3, 0.4) is 0 Å². The van der Waals surface area contributed by atoms with Crippen molar-refractivity contribution in [3.05, 3.63) is 176 Å². The molecule has 6 aromatic carbocycles. The van der Waals surface area contributed by atoms with E-state index in [1.165, 1.54) is 16.3 Å². The highest BCUT2D eigenvalue weighted by molar-refractivity contribution is 7.90. The molecule has 2 heterocycles. The van der Waals surface area contributed by atoms with Crippen molar-refractivity contribution < 1.29 is 12.8 Å². The molecule has 8 aromatic rings. The second-order valence-electron chi connectivity index (χ2n) is 11.3. The van der Waals surface area contributed by atoms with Crippen LogP contribution >= 0.6 is 7.92 Å². The highest BCUT2D eigenvalue weighted by atomic mass is 32.2. The molecule has 5 nitrogen and oxygen atoms in total. The van der Waals surface area contributed by atoms with Gasteiger partial charge in [0, 0.05) is 16.7 Å². The second kappa shape index (κ2) is 12.6. The van der Waals surface area contributed by atoms with Crippen LogP contribution < -0.4 is 15.9 Å². The number of imidazole rings is 1. The number of fused-ring (bicyclic) bond motifs is 1. The van der Waals surface area contributed by atoms with Crippen molar-refractivity contribution in [1.82, 2.24) is 8.96 Å². The summed E-state index contributed by atoms with van der Waals surface area (Å²) in [5.74, 6) is 0.329. The minimum Gasteiger partial charge on any atom is -0.451 e. The zero-order valence-electron chi connectivity index (χ0n) is 25.7. The van der Waals surface area contributed by atoms with Crippen LogP contribution in [0.1, 0.15) is 0 Å². The summed E-state index contributed by atoms with van der Waals surface area (Å²) in [6, 6.07) is 55.6. The molecule has 232 valence electrons. The molecule has 0 saturated heterocycles. The number of furan rings is 1. The summed E-state index contributed by atoms with van der Waals surface area (Å²) in [6.45, 7) is 0. The Balaban J connectivity index is 1.56. The van der Waals surface area contributed by atoms with Crippen LogP contribution in [0.4, 0.5) is 0 Å². The Labute approximate surface area is 280 Å². The van der Waals surface area contributed by atoms with Crippen LogP contribution in [-0.2, 0) is 10.0 Å². The van der Waals surface area contributed by atoms with Crippen molar-refractivity contribution in [2.24, 2.45) is 0 Å². The fourth-order valence-corrected chi connectivity index (χ4v) is 10.1. The lowest BCUT2D eigenvalue weighted by Gasteiger charge is -2.24. The van der Waals surface area contributed by atoms with Gasteiger partial charge in [-0.25, -0.2) is 8.96 Å². The van der Waals surface area contributed by atoms with Crippen molar-refractivity contribution in [3.8, 4) is 33.9 Å². The smallest absolute Gasteiger partial charge is 0.303 e. The summed E-state index contributed by atoms with van der Waals surface area (Å²) >= 11 is 0. The molecule has 0 aliphatic rings. The lowest BCUT2D eigenvalue weighted by molar-refractivity contribution is 0.447. The van der Waals surface area contributed by atoms with Crippen LogP contribution in [0.15, 0.2) is 186 Å². The normalized spacial score (nSPS) is 11.7. The average Bonchev–Trinajstić information content (AvgIpc) is 3.84. The maximum absolute atomic E-state index is 14.9. The molecule has 0 atom stereocenters. The monoisotopic (exact) mass is 660 g/mol. The van der Waals surface area contributed by atoms with E-state index >= 15 is 0 Å². The third-order valence-corrected chi connectivity index (χ3v) is 12.4. The first-order chi connectivity index (χ1) is 23.6.